The molecule has 1 atom stereocenters. The molecule has 0 saturated carbocycles. The zero-order valence-corrected chi connectivity index (χ0v) is 20.2. The largest absolute Gasteiger partial charge is 0.481 e. The lowest BCUT2D eigenvalue weighted by molar-refractivity contribution is -0.137. The number of hydrogen-bond acceptors (Lipinski definition) is 5. The molecule has 0 spiro atoms. The number of hydrogen-bond donors (Lipinski definition) is 3. The van der Waals surface area contributed by atoms with Crippen LogP contribution in [0.15, 0.2) is 17.1 Å². The van der Waals surface area contributed by atoms with Crippen molar-refractivity contribution < 1.29 is 23.8 Å². The maximum absolute atomic E-state index is 15.6. The first-order chi connectivity index (χ1) is 15.0. The van der Waals surface area contributed by atoms with Crippen LogP contribution in [-0.4, -0.2) is 56.8 Å². The SMILES string of the molecule is CN=C(C)NC(=O)Nc1cc(C(COC)CC(=O)O)cc(F)c1N(CC(C)C)CC(C)C. The Kier molecular flexibility index (Phi) is 11.1. The molecule has 1 unspecified atom stereocenters. The minimum Gasteiger partial charge on any atom is -0.481 e. The molecule has 0 fully saturated rings. The molecule has 0 aromatic heterocycles. The van der Waals surface area contributed by atoms with Crippen LogP contribution >= 0.6 is 0 Å². The maximum Gasteiger partial charge on any atom is 0.324 e. The Morgan fingerprint density at radius 3 is 2.25 bits per heavy atom. The van der Waals surface area contributed by atoms with Crippen LogP contribution in [0, 0.1) is 17.7 Å². The Bertz CT molecular complexity index is 801. The predicted molar refractivity (Wildman–Crippen MR) is 126 cm³/mol. The number of ether oxygens (including phenoxy) is 1. The number of amides is 2. The number of halogens is 1. The van der Waals surface area contributed by atoms with E-state index >= 15 is 4.39 Å². The number of methoxy groups -OCH3 is 1. The van der Waals surface area contributed by atoms with E-state index in [1.165, 1.54) is 13.2 Å². The zero-order chi connectivity index (χ0) is 24.4. The number of nitrogens with one attached hydrogen (secondary N) is 2. The fourth-order valence-corrected chi connectivity index (χ4v) is 3.47. The van der Waals surface area contributed by atoms with Crippen LogP contribution in [-0.2, 0) is 9.53 Å². The molecular weight excluding hydrogens is 415 g/mol. The minimum atomic E-state index is -1.01. The Balaban J connectivity index is 3.56. The van der Waals surface area contributed by atoms with Crippen molar-refractivity contribution in [2.24, 2.45) is 16.8 Å². The number of carbonyl (C=O) groups excluding carboxylic acids is 1. The van der Waals surface area contributed by atoms with Gasteiger partial charge in [-0.05, 0) is 36.5 Å². The molecule has 0 aliphatic heterocycles. The molecule has 32 heavy (non-hydrogen) atoms. The van der Waals surface area contributed by atoms with Gasteiger partial charge < -0.3 is 20.1 Å². The third-order valence-electron chi connectivity index (χ3n) is 4.71. The lowest BCUT2D eigenvalue weighted by atomic mass is 9.94. The molecule has 2 amide bonds. The summed E-state index contributed by atoms with van der Waals surface area (Å²) >= 11 is 0. The number of carbonyl (C=O) groups is 2. The summed E-state index contributed by atoms with van der Waals surface area (Å²) in [7, 11) is 3.02. The summed E-state index contributed by atoms with van der Waals surface area (Å²) in [6, 6.07) is 2.43. The fourth-order valence-electron chi connectivity index (χ4n) is 3.47. The highest BCUT2D eigenvalue weighted by molar-refractivity contribution is 6.03. The average Bonchev–Trinajstić information content (AvgIpc) is 2.65. The molecule has 0 radical (unpaired) electrons. The van der Waals surface area contributed by atoms with Gasteiger partial charge in [-0.15, -0.1) is 0 Å². The number of carboxylic acid groups (broad SMARTS) is 1. The van der Waals surface area contributed by atoms with Gasteiger partial charge in [0.2, 0.25) is 0 Å². The van der Waals surface area contributed by atoms with Crippen molar-refractivity contribution in [3.8, 4) is 0 Å². The Morgan fingerprint density at radius 1 is 1.19 bits per heavy atom. The number of carboxylic acids is 1. The number of aliphatic carboxylic acids is 1. The smallest absolute Gasteiger partial charge is 0.324 e. The number of anilines is 2. The highest BCUT2D eigenvalue weighted by atomic mass is 19.1. The van der Waals surface area contributed by atoms with Crippen molar-refractivity contribution in [2.45, 2.75) is 47.0 Å². The molecule has 9 heteroatoms. The van der Waals surface area contributed by atoms with Gasteiger partial charge in [-0.25, -0.2) is 9.18 Å². The van der Waals surface area contributed by atoms with Gasteiger partial charge in [0.05, 0.1) is 24.4 Å². The van der Waals surface area contributed by atoms with Gasteiger partial charge in [0, 0.05) is 33.2 Å². The van der Waals surface area contributed by atoms with E-state index < -0.39 is 23.7 Å². The molecule has 0 bridgehead atoms. The fraction of sp³-hybridized carbons (Fsp3) is 0.609. The molecule has 8 nitrogen and oxygen atoms in total. The van der Waals surface area contributed by atoms with Crippen molar-refractivity contribution in [3.05, 3.63) is 23.5 Å². The quantitative estimate of drug-likeness (QED) is 0.343. The molecular formula is C23H37FN4O4. The second kappa shape index (κ2) is 13.0. The molecule has 0 saturated heterocycles. The number of aliphatic imine (C=N–C) groups is 1. The number of nitrogens with zero attached hydrogens (tertiary/aromatic N) is 2. The van der Waals surface area contributed by atoms with Gasteiger partial charge in [0.1, 0.15) is 11.7 Å². The summed E-state index contributed by atoms with van der Waals surface area (Å²) in [5, 5.41) is 14.6. The van der Waals surface area contributed by atoms with E-state index in [1.54, 1.807) is 20.0 Å². The lowest BCUT2D eigenvalue weighted by Crippen LogP contribution is -2.36. The van der Waals surface area contributed by atoms with E-state index in [9.17, 15) is 14.7 Å². The first-order valence-electron chi connectivity index (χ1n) is 10.8. The maximum atomic E-state index is 15.6. The first kappa shape index (κ1) is 27.4. The topological polar surface area (TPSA) is 103 Å². The average molecular weight is 453 g/mol. The van der Waals surface area contributed by atoms with E-state index in [4.69, 9.17) is 4.74 Å². The Morgan fingerprint density at radius 2 is 1.78 bits per heavy atom. The van der Waals surface area contributed by atoms with Gasteiger partial charge in [-0.2, -0.15) is 0 Å². The summed E-state index contributed by atoms with van der Waals surface area (Å²) in [6.45, 7) is 11.1. The normalized spacial score (nSPS) is 12.8. The third kappa shape index (κ3) is 8.82. The highest BCUT2D eigenvalue weighted by Crippen LogP contribution is 2.35. The molecule has 0 aliphatic rings. The van der Waals surface area contributed by atoms with E-state index in [2.05, 4.69) is 15.6 Å². The van der Waals surface area contributed by atoms with Gasteiger partial charge >= 0.3 is 12.0 Å². The van der Waals surface area contributed by atoms with Crippen LogP contribution in [0.1, 0.15) is 52.5 Å². The molecule has 0 aliphatic carbocycles. The van der Waals surface area contributed by atoms with Crippen LogP contribution < -0.4 is 15.5 Å². The van der Waals surface area contributed by atoms with Crippen molar-refractivity contribution in [1.29, 1.82) is 0 Å². The summed E-state index contributed by atoms with van der Waals surface area (Å²) < 4.78 is 20.7. The van der Waals surface area contributed by atoms with E-state index in [0.717, 1.165) is 0 Å². The van der Waals surface area contributed by atoms with E-state index in [1.807, 2.05) is 32.6 Å². The highest BCUT2D eigenvalue weighted by Gasteiger charge is 2.24. The Hall–Kier alpha value is -2.68. The third-order valence-corrected chi connectivity index (χ3v) is 4.71. The standard InChI is InChI=1S/C23H37FN4O4/c1-14(2)11-28(12-15(3)4)22-19(24)8-17(18(13-32-7)10-21(29)30)9-20(22)27-23(31)26-16(5)25-6/h8-9,14-15,18H,10-13H2,1-7H3,(H,29,30)(H2,25,26,27,31). The molecule has 1 rings (SSSR count). The summed E-state index contributed by atoms with van der Waals surface area (Å²) in [5.41, 5.74) is 0.999. The first-order valence-corrected chi connectivity index (χ1v) is 10.8. The molecule has 1 aromatic carbocycles. The van der Waals surface area contributed by atoms with Crippen molar-refractivity contribution in [3.63, 3.8) is 0 Å². The molecule has 0 heterocycles. The monoisotopic (exact) mass is 452 g/mol. The molecule has 180 valence electrons. The lowest BCUT2D eigenvalue weighted by Gasteiger charge is -2.31. The zero-order valence-electron chi connectivity index (χ0n) is 20.2. The van der Waals surface area contributed by atoms with Crippen molar-refractivity contribution in [2.75, 3.05) is 44.1 Å². The second-order valence-electron chi connectivity index (χ2n) is 8.73. The van der Waals surface area contributed by atoms with Gasteiger partial charge in [0.15, 0.2) is 0 Å². The van der Waals surface area contributed by atoms with E-state index in [0.29, 0.717) is 24.5 Å². The number of rotatable bonds is 11. The van der Waals surface area contributed by atoms with Crippen LogP contribution in [0.2, 0.25) is 0 Å². The van der Waals surface area contributed by atoms with Gasteiger partial charge in [-0.1, -0.05) is 27.7 Å². The molecule has 1 aromatic rings. The van der Waals surface area contributed by atoms with Gasteiger partial charge in [0.25, 0.3) is 0 Å². The van der Waals surface area contributed by atoms with Crippen LogP contribution in [0.5, 0.6) is 0 Å². The molecule has 3 N–H and O–H groups in total. The number of amidine groups is 1. The van der Waals surface area contributed by atoms with Crippen LogP contribution in [0.3, 0.4) is 0 Å². The van der Waals surface area contributed by atoms with Crippen LogP contribution in [0.4, 0.5) is 20.6 Å². The Labute approximate surface area is 190 Å². The summed E-state index contributed by atoms with van der Waals surface area (Å²) in [6.07, 6.45) is -0.221. The van der Waals surface area contributed by atoms with E-state index in [-0.39, 0.29) is 36.2 Å². The number of urea groups is 1. The second-order valence-corrected chi connectivity index (χ2v) is 8.73. The van der Waals surface area contributed by atoms with Crippen molar-refractivity contribution >= 4 is 29.2 Å². The summed E-state index contributed by atoms with van der Waals surface area (Å²) in [4.78, 5) is 29.7. The number of benzene rings is 1. The van der Waals surface area contributed by atoms with Gasteiger partial charge in [-0.3, -0.25) is 15.1 Å². The minimum absolute atomic E-state index is 0.111. The van der Waals surface area contributed by atoms with Crippen LogP contribution in [0.25, 0.3) is 0 Å². The predicted octanol–water partition coefficient (Wildman–Crippen LogP) is 4.32. The summed E-state index contributed by atoms with van der Waals surface area (Å²) in [5.74, 6) is -1.17. The van der Waals surface area contributed by atoms with Crippen molar-refractivity contribution in [1.82, 2.24) is 5.32 Å².